The van der Waals surface area contributed by atoms with Gasteiger partial charge in [0.1, 0.15) is 0 Å². The molecule has 2 N–H and O–H groups in total. The van der Waals surface area contributed by atoms with E-state index in [0.29, 0.717) is 11.8 Å². The summed E-state index contributed by atoms with van der Waals surface area (Å²) in [5.74, 6) is 1.16. The van der Waals surface area contributed by atoms with E-state index >= 15 is 0 Å². The van der Waals surface area contributed by atoms with Crippen LogP contribution in [0.1, 0.15) is 31.4 Å². The Labute approximate surface area is 113 Å². The van der Waals surface area contributed by atoms with Crippen molar-refractivity contribution >= 4 is 5.91 Å². The summed E-state index contributed by atoms with van der Waals surface area (Å²) in [6.45, 7) is 3.22. The van der Waals surface area contributed by atoms with Gasteiger partial charge in [-0.05, 0) is 24.3 Å². The summed E-state index contributed by atoms with van der Waals surface area (Å²) in [4.78, 5) is 17.4. The van der Waals surface area contributed by atoms with Gasteiger partial charge in [-0.2, -0.15) is 0 Å². The van der Waals surface area contributed by atoms with E-state index in [-0.39, 0.29) is 11.9 Å². The first-order valence-electron chi connectivity index (χ1n) is 6.63. The highest BCUT2D eigenvalue weighted by atomic mass is 16.5. The average molecular weight is 263 g/mol. The third-order valence-corrected chi connectivity index (χ3v) is 3.85. The fourth-order valence-electron chi connectivity index (χ4n) is 2.56. The standard InChI is InChI=1S/C14H21N3O2/c1-10(18)17-7-5-11(6-8-17)14(15)12-3-4-13(19-2)16-9-12/h3-4,9,11,14H,5-8,15H2,1-2H3. The van der Waals surface area contributed by atoms with Gasteiger partial charge in [-0.25, -0.2) is 4.98 Å². The van der Waals surface area contributed by atoms with E-state index in [9.17, 15) is 4.79 Å². The van der Waals surface area contributed by atoms with Crippen molar-refractivity contribution in [3.05, 3.63) is 23.9 Å². The second-order valence-corrected chi connectivity index (χ2v) is 5.00. The molecule has 1 aliphatic heterocycles. The van der Waals surface area contributed by atoms with Crippen LogP contribution in [0.15, 0.2) is 18.3 Å². The summed E-state index contributed by atoms with van der Waals surface area (Å²) in [6, 6.07) is 3.78. The van der Waals surface area contributed by atoms with Crippen molar-refractivity contribution in [2.75, 3.05) is 20.2 Å². The number of piperidine rings is 1. The molecule has 1 fully saturated rings. The number of likely N-dealkylation sites (tertiary alicyclic amines) is 1. The first-order valence-corrected chi connectivity index (χ1v) is 6.63. The van der Waals surface area contributed by atoms with Crippen molar-refractivity contribution in [2.24, 2.45) is 11.7 Å². The SMILES string of the molecule is COc1ccc(C(N)C2CCN(C(C)=O)CC2)cn1. The van der Waals surface area contributed by atoms with Crippen molar-refractivity contribution < 1.29 is 9.53 Å². The largest absolute Gasteiger partial charge is 0.481 e. The summed E-state index contributed by atoms with van der Waals surface area (Å²) in [7, 11) is 1.60. The Bertz CT molecular complexity index is 425. The third-order valence-electron chi connectivity index (χ3n) is 3.85. The Hall–Kier alpha value is -1.62. The zero-order valence-electron chi connectivity index (χ0n) is 11.5. The second-order valence-electron chi connectivity index (χ2n) is 5.00. The van der Waals surface area contributed by atoms with Gasteiger partial charge in [0.05, 0.1) is 7.11 Å². The highest BCUT2D eigenvalue weighted by Gasteiger charge is 2.26. The molecule has 0 bridgehead atoms. The predicted molar refractivity (Wildman–Crippen MR) is 72.7 cm³/mol. The van der Waals surface area contributed by atoms with Crippen LogP contribution in [0, 0.1) is 5.92 Å². The molecule has 104 valence electrons. The Morgan fingerprint density at radius 1 is 1.47 bits per heavy atom. The van der Waals surface area contributed by atoms with Gasteiger partial charge in [-0.15, -0.1) is 0 Å². The number of carbonyl (C=O) groups is 1. The zero-order valence-corrected chi connectivity index (χ0v) is 11.5. The van der Waals surface area contributed by atoms with E-state index in [1.807, 2.05) is 17.0 Å². The minimum Gasteiger partial charge on any atom is -0.481 e. The molecule has 19 heavy (non-hydrogen) atoms. The van der Waals surface area contributed by atoms with Crippen LogP contribution in [0.4, 0.5) is 0 Å². The molecule has 0 spiro atoms. The number of pyridine rings is 1. The predicted octanol–water partition coefficient (Wildman–Crippen LogP) is 1.35. The van der Waals surface area contributed by atoms with Gasteiger partial charge in [0.15, 0.2) is 0 Å². The van der Waals surface area contributed by atoms with E-state index in [1.165, 1.54) is 0 Å². The highest BCUT2D eigenvalue weighted by Crippen LogP contribution is 2.29. The monoisotopic (exact) mass is 263 g/mol. The molecule has 0 saturated carbocycles. The molecule has 1 amide bonds. The molecule has 1 saturated heterocycles. The lowest BCUT2D eigenvalue weighted by atomic mass is 9.86. The van der Waals surface area contributed by atoms with Crippen LogP contribution in [0.5, 0.6) is 5.88 Å². The van der Waals surface area contributed by atoms with Crippen LogP contribution in [-0.4, -0.2) is 36.0 Å². The van der Waals surface area contributed by atoms with Gasteiger partial charge in [-0.1, -0.05) is 6.07 Å². The van der Waals surface area contributed by atoms with E-state index < -0.39 is 0 Å². The minimum absolute atomic E-state index is 0.0208. The van der Waals surface area contributed by atoms with Crippen molar-refractivity contribution in [1.29, 1.82) is 0 Å². The Balaban J connectivity index is 1.96. The lowest BCUT2D eigenvalue weighted by Crippen LogP contribution is -2.39. The molecular formula is C14H21N3O2. The lowest BCUT2D eigenvalue weighted by Gasteiger charge is -2.34. The summed E-state index contributed by atoms with van der Waals surface area (Å²) in [5.41, 5.74) is 7.33. The number of aromatic nitrogens is 1. The van der Waals surface area contributed by atoms with Crippen molar-refractivity contribution in [1.82, 2.24) is 9.88 Å². The third kappa shape index (κ3) is 3.23. The summed E-state index contributed by atoms with van der Waals surface area (Å²) in [5, 5.41) is 0. The van der Waals surface area contributed by atoms with Gasteiger partial charge in [-0.3, -0.25) is 4.79 Å². The number of methoxy groups -OCH3 is 1. The second kappa shape index (κ2) is 6.02. The number of hydrogen-bond acceptors (Lipinski definition) is 4. The van der Waals surface area contributed by atoms with Gasteiger partial charge < -0.3 is 15.4 Å². The average Bonchev–Trinajstić information content (AvgIpc) is 2.46. The maximum absolute atomic E-state index is 11.3. The Morgan fingerprint density at radius 3 is 2.63 bits per heavy atom. The fraction of sp³-hybridized carbons (Fsp3) is 0.571. The molecule has 2 heterocycles. The van der Waals surface area contributed by atoms with Gasteiger partial charge >= 0.3 is 0 Å². The molecule has 0 aromatic carbocycles. The van der Waals surface area contributed by atoms with E-state index in [4.69, 9.17) is 10.5 Å². The smallest absolute Gasteiger partial charge is 0.219 e. The molecule has 5 nitrogen and oxygen atoms in total. The van der Waals surface area contributed by atoms with E-state index in [1.54, 1.807) is 20.2 Å². The van der Waals surface area contributed by atoms with E-state index in [0.717, 1.165) is 31.5 Å². The summed E-state index contributed by atoms with van der Waals surface area (Å²) < 4.78 is 5.04. The summed E-state index contributed by atoms with van der Waals surface area (Å²) in [6.07, 6.45) is 3.68. The number of ether oxygens (including phenoxy) is 1. The van der Waals surface area contributed by atoms with Crippen LogP contribution in [0.25, 0.3) is 0 Å². The molecule has 0 radical (unpaired) electrons. The van der Waals surface area contributed by atoms with Crippen molar-refractivity contribution in [3.8, 4) is 5.88 Å². The highest BCUT2D eigenvalue weighted by molar-refractivity contribution is 5.73. The van der Waals surface area contributed by atoms with E-state index in [2.05, 4.69) is 4.98 Å². The quantitative estimate of drug-likeness (QED) is 0.893. The molecule has 1 unspecified atom stereocenters. The Kier molecular flexibility index (Phi) is 4.37. The first-order chi connectivity index (χ1) is 9.11. The molecule has 2 rings (SSSR count). The first kappa shape index (κ1) is 13.8. The van der Waals surface area contributed by atoms with Crippen LogP contribution >= 0.6 is 0 Å². The molecule has 1 aromatic rings. The maximum Gasteiger partial charge on any atom is 0.219 e. The molecule has 0 aliphatic carbocycles. The van der Waals surface area contributed by atoms with Gasteiger partial charge in [0.25, 0.3) is 0 Å². The van der Waals surface area contributed by atoms with Gasteiger partial charge in [0.2, 0.25) is 11.8 Å². The molecule has 1 aromatic heterocycles. The minimum atomic E-state index is -0.0208. The topological polar surface area (TPSA) is 68.5 Å². The normalized spacial score (nSPS) is 18.2. The van der Waals surface area contributed by atoms with Crippen LogP contribution in [0.3, 0.4) is 0 Å². The van der Waals surface area contributed by atoms with Crippen LogP contribution in [-0.2, 0) is 4.79 Å². The van der Waals surface area contributed by atoms with Crippen LogP contribution < -0.4 is 10.5 Å². The molecular weight excluding hydrogens is 242 g/mol. The molecule has 1 atom stereocenters. The molecule has 1 aliphatic rings. The lowest BCUT2D eigenvalue weighted by molar-refractivity contribution is -0.130. The fourth-order valence-corrected chi connectivity index (χ4v) is 2.56. The number of nitrogens with two attached hydrogens (primary N) is 1. The number of hydrogen-bond donors (Lipinski definition) is 1. The summed E-state index contributed by atoms with van der Waals surface area (Å²) >= 11 is 0. The van der Waals surface area contributed by atoms with Crippen molar-refractivity contribution in [3.63, 3.8) is 0 Å². The number of rotatable bonds is 3. The van der Waals surface area contributed by atoms with Crippen molar-refractivity contribution in [2.45, 2.75) is 25.8 Å². The number of nitrogens with zero attached hydrogens (tertiary/aromatic N) is 2. The maximum atomic E-state index is 11.3. The van der Waals surface area contributed by atoms with Crippen LogP contribution in [0.2, 0.25) is 0 Å². The Morgan fingerprint density at radius 2 is 2.16 bits per heavy atom. The number of carbonyl (C=O) groups excluding carboxylic acids is 1. The van der Waals surface area contributed by atoms with Gasteiger partial charge in [0, 0.05) is 38.3 Å². The number of amides is 1. The molecule has 5 heteroatoms. The zero-order chi connectivity index (χ0) is 13.8.